The minimum Gasteiger partial charge on any atom is -0.387 e. The Hall–Kier alpha value is -3.05. The third kappa shape index (κ3) is 5.34. The molecule has 41 heavy (non-hydrogen) atoms. The minimum absolute atomic E-state index is 0.113. The van der Waals surface area contributed by atoms with Gasteiger partial charge in [0.25, 0.3) is 0 Å². The molecule has 1 aliphatic heterocycles. The Bertz CT molecular complexity index is 1520. The molecule has 1 saturated carbocycles. The molecule has 220 valence electrons. The van der Waals surface area contributed by atoms with Gasteiger partial charge in [-0.3, -0.25) is 4.90 Å². The van der Waals surface area contributed by atoms with E-state index in [1.54, 1.807) is 10.8 Å². The van der Waals surface area contributed by atoms with E-state index in [4.69, 9.17) is 15.5 Å². The molecule has 2 fully saturated rings. The Morgan fingerprint density at radius 1 is 1.15 bits per heavy atom. The normalized spacial score (nSPS) is 27.0. The standard InChI is InChI=1S/C31H43N7O3/c1-17(2)38(15-24-26(39)27(40)30(41-24)37-11-10-21-28(32)33-16-34-29(21)37)20-12-18(13-20)6-9-25-35-22-8-7-19(31(3,4)5)14-23(22)36-25/h7-8,10-11,14,16-18,20,24,26-27,30,39-40H,6,9,12-13,15H2,1-5H3,(H,35,36)(H2,32,33,34). The molecule has 6 rings (SSSR count). The van der Waals surface area contributed by atoms with Crippen LogP contribution in [-0.4, -0.2) is 76.6 Å². The molecule has 2 aliphatic rings. The maximum Gasteiger partial charge on any atom is 0.164 e. The maximum atomic E-state index is 11.0. The van der Waals surface area contributed by atoms with Crippen molar-refractivity contribution < 1.29 is 14.9 Å². The molecule has 4 heterocycles. The van der Waals surface area contributed by atoms with Crippen molar-refractivity contribution in [3.05, 3.63) is 48.2 Å². The zero-order chi connectivity index (χ0) is 29.1. The summed E-state index contributed by atoms with van der Waals surface area (Å²) in [6.45, 7) is 11.6. The van der Waals surface area contributed by atoms with Gasteiger partial charge in [-0.05, 0) is 68.2 Å². The first-order chi connectivity index (χ1) is 19.5. The predicted molar refractivity (Wildman–Crippen MR) is 159 cm³/mol. The highest BCUT2D eigenvalue weighted by Crippen LogP contribution is 2.38. The predicted octanol–water partition coefficient (Wildman–Crippen LogP) is 3.93. The van der Waals surface area contributed by atoms with Crippen LogP contribution in [0.5, 0.6) is 0 Å². The highest BCUT2D eigenvalue weighted by atomic mass is 16.6. The van der Waals surface area contributed by atoms with E-state index in [1.807, 2.05) is 6.07 Å². The smallest absolute Gasteiger partial charge is 0.164 e. The number of nitrogen functional groups attached to an aromatic ring is 1. The van der Waals surface area contributed by atoms with Gasteiger partial charge in [-0.1, -0.05) is 26.8 Å². The van der Waals surface area contributed by atoms with Crippen LogP contribution in [0.4, 0.5) is 5.82 Å². The third-order valence-electron chi connectivity index (χ3n) is 9.07. The van der Waals surface area contributed by atoms with Gasteiger partial charge in [0.1, 0.15) is 41.9 Å². The summed E-state index contributed by atoms with van der Waals surface area (Å²) in [5.41, 5.74) is 10.1. The highest BCUT2D eigenvalue weighted by Gasteiger charge is 2.46. The van der Waals surface area contributed by atoms with Crippen molar-refractivity contribution in [1.29, 1.82) is 0 Å². The number of nitrogens with one attached hydrogen (secondary N) is 1. The quantitative estimate of drug-likeness (QED) is 0.254. The van der Waals surface area contributed by atoms with Gasteiger partial charge in [0.15, 0.2) is 6.23 Å². The summed E-state index contributed by atoms with van der Waals surface area (Å²) in [5.74, 6) is 2.07. The Kier molecular flexibility index (Phi) is 7.30. The summed E-state index contributed by atoms with van der Waals surface area (Å²) in [6.07, 6.45) is 4.11. The summed E-state index contributed by atoms with van der Waals surface area (Å²) >= 11 is 0. The molecule has 10 nitrogen and oxygen atoms in total. The summed E-state index contributed by atoms with van der Waals surface area (Å²) in [6, 6.07) is 9.07. The lowest BCUT2D eigenvalue weighted by Gasteiger charge is -2.46. The van der Waals surface area contributed by atoms with E-state index < -0.39 is 24.5 Å². The number of aromatic amines is 1. The molecule has 1 aliphatic carbocycles. The molecule has 10 heteroatoms. The number of H-pyrrole nitrogens is 1. The van der Waals surface area contributed by atoms with Crippen molar-refractivity contribution in [2.75, 3.05) is 12.3 Å². The Balaban J connectivity index is 1.06. The number of aliphatic hydroxyl groups is 2. The summed E-state index contributed by atoms with van der Waals surface area (Å²) in [4.78, 5) is 19.2. The molecular formula is C31H43N7O3. The van der Waals surface area contributed by atoms with E-state index in [-0.39, 0.29) is 5.41 Å². The van der Waals surface area contributed by atoms with Crippen molar-refractivity contribution in [3.63, 3.8) is 0 Å². The van der Waals surface area contributed by atoms with Crippen molar-refractivity contribution >= 4 is 27.9 Å². The molecule has 4 aromatic rings. The van der Waals surface area contributed by atoms with Gasteiger partial charge in [0.05, 0.1) is 16.4 Å². The Labute approximate surface area is 240 Å². The SMILES string of the molecule is CC(C)N(CC1OC(n2ccc3c(N)ncnc32)C(O)C1O)C1CC(CCc2nc3ccc(C(C)(C)C)cc3[nH]2)C1. The largest absolute Gasteiger partial charge is 0.387 e. The van der Waals surface area contributed by atoms with E-state index in [2.05, 4.69) is 72.7 Å². The van der Waals surface area contributed by atoms with E-state index in [0.717, 1.165) is 42.5 Å². The number of aliphatic hydroxyl groups excluding tert-OH is 2. The van der Waals surface area contributed by atoms with Gasteiger partial charge in [0, 0.05) is 31.2 Å². The van der Waals surface area contributed by atoms with Gasteiger partial charge < -0.3 is 30.2 Å². The lowest BCUT2D eigenvalue weighted by Crippen LogP contribution is -2.52. The summed E-state index contributed by atoms with van der Waals surface area (Å²) in [5, 5.41) is 22.6. The molecule has 4 unspecified atom stereocenters. The number of benzene rings is 1. The van der Waals surface area contributed by atoms with Gasteiger partial charge in [-0.15, -0.1) is 0 Å². The van der Waals surface area contributed by atoms with Gasteiger partial charge in [-0.25, -0.2) is 15.0 Å². The van der Waals surface area contributed by atoms with Crippen LogP contribution in [-0.2, 0) is 16.6 Å². The van der Waals surface area contributed by atoms with Gasteiger partial charge in [-0.2, -0.15) is 0 Å². The van der Waals surface area contributed by atoms with Crippen LogP contribution >= 0.6 is 0 Å². The molecule has 1 saturated heterocycles. The Morgan fingerprint density at radius 3 is 2.66 bits per heavy atom. The van der Waals surface area contributed by atoms with Crippen LogP contribution in [0.1, 0.15) is 71.5 Å². The highest BCUT2D eigenvalue weighted by molar-refractivity contribution is 5.86. The number of aromatic nitrogens is 5. The number of nitrogens with zero attached hydrogens (tertiary/aromatic N) is 5. The van der Waals surface area contributed by atoms with Crippen molar-refractivity contribution in [2.24, 2.45) is 5.92 Å². The van der Waals surface area contributed by atoms with Crippen LogP contribution in [0, 0.1) is 5.92 Å². The van der Waals surface area contributed by atoms with Crippen molar-refractivity contribution in [1.82, 2.24) is 29.4 Å². The fraction of sp³-hybridized carbons (Fsp3) is 0.581. The molecule has 1 aromatic carbocycles. The number of hydrogen-bond donors (Lipinski definition) is 4. The van der Waals surface area contributed by atoms with E-state index in [1.165, 1.54) is 11.9 Å². The first-order valence-electron chi connectivity index (χ1n) is 14.8. The second-order valence-electron chi connectivity index (χ2n) is 13.3. The van der Waals surface area contributed by atoms with Crippen LogP contribution in [0.2, 0.25) is 0 Å². The van der Waals surface area contributed by atoms with Gasteiger partial charge >= 0.3 is 0 Å². The molecule has 3 aromatic heterocycles. The third-order valence-corrected chi connectivity index (χ3v) is 9.07. The monoisotopic (exact) mass is 561 g/mol. The van der Waals surface area contributed by atoms with Crippen LogP contribution in [0.15, 0.2) is 36.8 Å². The number of nitrogens with two attached hydrogens (primary N) is 1. The van der Waals surface area contributed by atoms with Crippen molar-refractivity contribution in [2.45, 2.75) is 102 Å². The second kappa shape index (κ2) is 10.7. The fourth-order valence-electron chi connectivity index (χ4n) is 6.49. The average molecular weight is 562 g/mol. The van der Waals surface area contributed by atoms with Crippen LogP contribution < -0.4 is 5.73 Å². The zero-order valence-electron chi connectivity index (χ0n) is 24.7. The lowest BCUT2D eigenvalue weighted by atomic mass is 9.76. The Morgan fingerprint density at radius 2 is 1.93 bits per heavy atom. The van der Waals surface area contributed by atoms with Crippen LogP contribution in [0.3, 0.4) is 0 Å². The summed E-state index contributed by atoms with van der Waals surface area (Å²) < 4.78 is 8.01. The molecular weight excluding hydrogens is 518 g/mol. The second-order valence-corrected chi connectivity index (χ2v) is 13.3. The lowest BCUT2D eigenvalue weighted by molar-refractivity contribution is -0.0618. The molecule has 0 bridgehead atoms. The molecule has 5 N–H and O–H groups in total. The number of ether oxygens (including phenoxy) is 1. The van der Waals surface area contributed by atoms with Crippen molar-refractivity contribution in [3.8, 4) is 0 Å². The van der Waals surface area contributed by atoms with E-state index in [9.17, 15) is 10.2 Å². The van der Waals surface area contributed by atoms with E-state index in [0.29, 0.717) is 41.4 Å². The number of imidazole rings is 1. The molecule has 0 radical (unpaired) electrons. The number of rotatable bonds is 8. The summed E-state index contributed by atoms with van der Waals surface area (Å²) in [7, 11) is 0. The average Bonchev–Trinajstić information content (AvgIpc) is 3.58. The van der Waals surface area contributed by atoms with Gasteiger partial charge in [0.2, 0.25) is 0 Å². The fourth-order valence-corrected chi connectivity index (χ4v) is 6.49. The minimum atomic E-state index is -1.07. The zero-order valence-corrected chi connectivity index (χ0v) is 24.7. The number of aryl methyl sites for hydroxylation is 1. The number of fused-ring (bicyclic) bond motifs is 2. The first kappa shape index (κ1) is 28.1. The molecule has 0 amide bonds. The molecule has 0 spiro atoms. The number of hydrogen-bond acceptors (Lipinski definition) is 8. The maximum absolute atomic E-state index is 11.0. The molecule has 4 atom stereocenters. The number of anilines is 1. The van der Waals surface area contributed by atoms with E-state index >= 15 is 0 Å². The van der Waals surface area contributed by atoms with Crippen LogP contribution in [0.25, 0.3) is 22.1 Å². The topological polar surface area (TPSA) is 138 Å². The first-order valence-corrected chi connectivity index (χ1v) is 14.8.